The summed E-state index contributed by atoms with van der Waals surface area (Å²) in [5, 5.41) is 9.09. The van der Waals surface area contributed by atoms with Crippen LogP contribution < -0.4 is 11.3 Å². The lowest BCUT2D eigenvalue weighted by molar-refractivity contribution is -0.123. The summed E-state index contributed by atoms with van der Waals surface area (Å²) in [6, 6.07) is 9.76. The first kappa shape index (κ1) is 15.9. The summed E-state index contributed by atoms with van der Waals surface area (Å²) in [5.74, 6) is 5.47. The number of aliphatic hydroxyl groups excluding tert-OH is 1. The van der Waals surface area contributed by atoms with Gasteiger partial charge in [0.1, 0.15) is 0 Å². The van der Waals surface area contributed by atoms with Crippen LogP contribution in [-0.4, -0.2) is 42.2 Å². The minimum Gasteiger partial charge on any atom is -0.396 e. The SMILES string of the molecule is NNC(=O)C(CN1CCCC(CCO)C1)c1ccccc1. The Kier molecular flexibility index (Phi) is 6.17. The van der Waals surface area contributed by atoms with Crippen LogP contribution in [-0.2, 0) is 4.79 Å². The molecule has 1 aromatic carbocycles. The van der Waals surface area contributed by atoms with Crippen LogP contribution in [0.2, 0.25) is 0 Å². The van der Waals surface area contributed by atoms with Gasteiger partial charge in [0, 0.05) is 19.7 Å². The van der Waals surface area contributed by atoms with Gasteiger partial charge < -0.3 is 10.0 Å². The van der Waals surface area contributed by atoms with E-state index in [0.717, 1.165) is 37.9 Å². The van der Waals surface area contributed by atoms with Crippen molar-refractivity contribution in [3.8, 4) is 0 Å². The molecule has 1 saturated heterocycles. The first-order chi connectivity index (χ1) is 10.2. The Labute approximate surface area is 126 Å². The van der Waals surface area contributed by atoms with Gasteiger partial charge in [0.05, 0.1) is 5.92 Å². The van der Waals surface area contributed by atoms with Crippen molar-refractivity contribution >= 4 is 5.91 Å². The van der Waals surface area contributed by atoms with Crippen LogP contribution in [0.15, 0.2) is 30.3 Å². The maximum atomic E-state index is 12.1. The molecule has 1 aliphatic heterocycles. The Balaban J connectivity index is 2.03. The molecule has 0 saturated carbocycles. The molecule has 1 fully saturated rings. The monoisotopic (exact) mass is 291 g/mol. The number of benzene rings is 1. The van der Waals surface area contributed by atoms with Crippen molar-refractivity contribution in [3.05, 3.63) is 35.9 Å². The number of rotatable bonds is 6. The van der Waals surface area contributed by atoms with Gasteiger partial charge >= 0.3 is 0 Å². The number of hydrogen-bond acceptors (Lipinski definition) is 4. The van der Waals surface area contributed by atoms with Gasteiger partial charge in [-0.1, -0.05) is 30.3 Å². The van der Waals surface area contributed by atoms with E-state index >= 15 is 0 Å². The van der Waals surface area contributed by atoms with E-state index in [1.54, 1.807) is 0 Å². The highest BCUT2D eigenvalue weighted by atomic mass is 16.3. The summed E-state index contributed by atoms with van der Waals surface area (Å²) < 4.78 is 0. The van der Waals surface area contributed by atoms with Crippen molar-refractivity contribution in [2.24, 2.45) is 11.8 Å². The van der Waals surface area contributed by atoms with E-state index in [1.807, 2.05) is 30.3 Å². The summed E-state index contributed by atoms with van der Waals surface area (Å²) in [5.41, 5.74) is 3.27. The lowest BCUT2D eigenvalue weighted by Crippen LogP contribution is -2.43. The minimum absolute atomic E-state index is 0.148. The molecule has 21 heavy (non-hydrogen) atoms. The van der Waals surface area contributed by atoms with Crippen molar-refractivity contribution in [1.82, 2.24) is 10.3 Å². The summed E-state index contributed by atoms with van der Waals surface area (Å²) in [6.07, 6.45) is 3.13. The first-order valence-corrected chi connectivity index (χ1v) is 7.63. The molecule has 5 nitrogen and oxygen atoms in total. The third kappa shape index (κ3) is 4.52. The number of piperidine rings is 1. The van der Waals surface area contributed by atoms with Crippen molar-refractivity contribution < 1.29 is 9.90 Å². The van der Waals surface area contributed by atoms with Gasteiger partial charge in [-0.25, -0.2) is 5.84 Å². The number of nitrogens with zero attached hydrogens (tertiary/aromatic N) is 1. The Morgan fingerprint density at radius 1 is 1.43 bits per heavy atom. The number of carbonyl (C=O) groups is 1. The van der Waals surface area contributed by atoms with Crippen molar-refractivity contribution in [1.29, 1.82) is 0 Å². The fourth-order valence-corrected chi connectivity index (χ4v) is 3.12. The Bertz CT molecular complexity index is 436. The molecule has 2 atom stereocenters. The van der Waals surface area contributed by atoms with E-state index < -0.39 is 0 Å². The average Bonchev–Trinajstić information content (AvgIpc) is 2.53. The second-order valence-electron chi connectivity index (χ2n) is 5.75. The molecule has 2 rings (SSSR count). The lowest BCUT2D eigenvalue weighted by atomic mass is 9.92. The molecule has 0 spiro atoms. The largest absolute Gasteiger partial charge is 0.396 e. The number of carbonyl (C=O) groups excluding carboxylic acids is 1. The minimum atomic E-state index is -0.246. The van der Waals surface area contributed by atoms with Gasteiger partial charge in [-0.2, -0.15) is 0 Å². The van der Waals surface area contributed by atoms with Gasteiger partial charge in [0.15, 0.2) is 0 Å². The molecule has 0 bridgehead atoms. The zero-order chi connectivity index (χ0) is 15.1. The Morgan fingerprint density at radius 3 is 2.86 bits per heavy atom. The number of nitrogens with two attached hydrogens (primary N) is 1. The third-order valence-corrected chi connectivity index (χ3v) is 4.24. The second kappa shape index (κ2) is 8.12. The third-order valence-electron chi connectivity index (χ3n) is 4.24. The van der Waals surface area contributed by atoms with Gasteiger partial charge in [-0.15, -0.1) is 0 Å². The van der Waals surface area contributed by atoms with Crippen molar-refractivity contribution in [3.63, 3.8) is 0 Å². The number of hydrogen-bond donors (Lipinski definition) is 3. The summed E-state index contributed by atoms with van der Waals surface area (Å²) in [4.78, 5) is 14.4. The number of amides is 1. The van der Waals surface area contributed by atoms with Crippen LogP contribution in [0.5, 0.6) is 0 Å². The number of aliphatic hydroxyl groups is 1. The average molecular weight is 291 g/mol. The molecule has 0 aliphatic carbocycles. The first-order valence-electron chi connectivity index (χ1n) is 7.63. The Hall–Kier alpha value is -1.43. The van der Waals surface area contributed by atoms with E-state index in [1.165, 1.54) is 0 Å². The maximum Gasteiger partial charge on any atom is 0.242 e. The van der Waals surface area contributed by atoms with Crippen LogP contribution in [0.25, 0.3) is 0 Å². The summed E-state index contributed by atoms with van der Waals surface area (Å²) in [7, 11) is 0. The molecule has 116 valence electrons. The summed E-state index contributed by atoms with van der Waals surface area (Å²) >= 11 is 0. The predicted octanol–water partition coefficient (Wildman–Crippen LogP) is 0.855. The molecule has 2 unspecified atom stereocenters. The van der Waals surface area contributed by atoms with Gasteiger partial charge in [-0.3, -0.25) is 10.2 Å². The topological polar surface area (TPSA) is 78.6 Å². The highest BCUT2D eigenvalue weighted by Crippen LogP contribution is 2.23. The van der Waals surface area contributed by atoms with Crippen molar-refractivity contribution in [2.75, 3.05) is 26.2 Å². The normalized spacial score (nSPS) is 21.0. The van der Waals surface area contributed by atoms with E-state index in [0.29, 0.717) is 12.5 Å². The van der Waals surface area contributed by atoms with Crippen LogP contribution in [0.4, 0.5) is 0 Å². The number of nitrogens with one attached hydrogen (secondary N) is 1. The molecule has 5 heteroatoms. The van der Waals surface area contributed by atoms with Crippen LogP contribution in [0.3, 0.4) is 0 Å². The maximum absolute atomic E-state index is 12.1. The fourth-order valence-electron chi connectivity index (χ4n) is 3.12. The molecule has 1 heterocycles. The highest BCUT2D eigenvalue weighted by molar-refractivity contribution is 5.83. The van der Waals surface area contributed by atoms with E-state index in [4.69, 9.17) is 10.9 Å². The van der Waals surface area contributed by atoms with Gasteiger partial charge in [0.2, 0.25) is 5.91 Å². The second-order valence-corrected chi connectivity index (χ2v) is 5.75. The molecule has 1 amide bonds. The zero-order valence-electron chi connectivity index (χ0n) is 12.4. The molecular weight excluding hydrogens is 266 g/mol. The van der Waals surface area contributed by atoms with E-state index in [-0.39, 0.29) is 18.4 Å². The van der Waals surface area contributed by atoms with Crippen molar-refractivity contribution in [2.45, 2.75) is 25.2 Å². The summed E-state index contributed by atoms with van der Waals surface area (Å²) in [6.45, 7) is 2.86. The van der Waals surface area contributed by atoms with Crippen LogP contribution in [0, 0.1) is 5.92 Å². The van der Waals surface area contributed by atoms with Gasteiger partial charge in [-0.05, 0) is 37.3 Å². The van der Waals surface area contributed by atoms with Gasteiger partial charge in [0.25, 0.3) is 0 Å². The predicted molar refractivity (Wildman–Crippen MR) is 82.4 cm³/mol. The highest BCUT2D eigenvalue weighted by Gasteiger charge is 2.26. The lowest BCUT2D eigenvalue weighted by Gasteiger charge is -2.34. The molecule has 0 aromatic heterocycles. The Morgan fingerprint density at radius 2 is 2.19 bits per heavy atom. The van der Waals surface area contributed by atoms with E-state index in [2.05, 4.69) is 10.3 Å². The molecule has 1 aliphatic rings. The molecule has 4 N–H and O–H groups in total. The quantitative estimate of drug-likeness (QED) is 0.412. The van der Waals surface area contributed by atoms with Crippen LogP contribution in [0.1, 0.15) is 30.7 Å². The fraction of sp³-hybridized carbons (Fsp3) is 0.562. The molecular formula is C16H25N3O2. The standard InChI is InChI=1S/C16H25N3O2/c17-18-16(21)15(14-6-2-1-3-7-14)12-19-9-4-5-13(11-19)8-10-20/h1-3,6-7,13,15,20H,4-5,8-12,17H2,(H,18,21). The molecule has 1 aromatic rings. The van der Waals surface area contributed by atoms with Crippen LogP contribution >= 0.6 is 0 Å². The molecule has 0 radical (unpaired) electrons. The smallest absolute Gasteiger partial charge is 0.242 e. The number of likely N-dealkylation sites (tertiary alicyclic amines) is 1. The number of hydrazine groups is 1. The zero-order valence-corrected chi connectivity index (χ0v) is 12.4. The van der Waals surface area contributed by atoms with E-state index in [9.17, 15) is 4.79 Å².